The van der Waals surface area contributed by atoms with Gasteiger partial charge in [0.15, 0.2) is 5.13 Å². The quantitative estimate of drug-likeness (QED) is 0.277. The van der Waals surface area contributed by atoms with E-state index in [1.165, 1.54) is 10.6 Å². The van der Waals surface area contributed by atoms with Gasteiger partial charge < -0.3 is 10.6 Å². The Hall–Kier alpha value is -2.50. The molecule has 0 atom stereocenters. The van der Waals surface area contributed by atoms with Gasteiger partial charge in [0.25, 0.3) is 0 Å². The van der Waals surface area contributed by atoms with Crippen LogP contribution in [0.3, 0.4) is 0 Å². The molecule has 0 saturated heterocycles. The Morgan fingerprint density at radius 3 is 1.03 bits per heavy atom. The number of hydrogen-bond acceptors (Lipinski definition) is 4. The van der Waals surface area contributed by atoms with Crippen LogP contribution in [0.1, 0.15) is 10.6 Å². The van der Waals surface area contributed by atoms with Crippen LogP contribution in [-0.4, -0.2) is 23.5 Å². The molecule has 2 rings (SSSR count). The highest BCUT2D eigenvalue weighted by molar-refractivity contribution is 7.15. The van der Waals surface area contributed by atoms with Gasteiger partial charge >= 0.3 is 0 Å². The van der Waals surface area contributed by atoms with E-state index in [2.05, 4.69) is 16.9 Å². The highest BCUT2D eigenvalue weighted by Crippen LogP contribution is 2.25. The van der Waals surface area contributed by atoms with Gasteiger partial charge in [-0.2, -0.15) is 0 Å². The third-order valence-electron chi connectivity index (χ3n) is 1.94. The molecule has 250 valence electrons. The van der Waals surface area contributed by atoms with Crippen molar-refractivity contribution < 1.29 is 124 Å². The van der Waals surface area contributed by atoms with E-state index in [-0.39, 0.29) is 4.70 Å². The summed E-state index contributed by atoms with van der Waals surface area (Å²) in [6.07, 6.45) is 1.06. The Kier molecular flexibility index (Phi) is 404. The third-order valence-corrected chi connectivity index (χ3v) is 2.85. The molecule has 0 aliphatic carbocycles. The molecule has 1 aromatic heterocycles. The Balaban J connectivity index is -0.0000000183. The van der Waals surface area contributed by atoms with Crippen LogP contribution in [0.2, 0.25) is 0 Å². The van der Waals surface area contributed by atoms with Gasteiger partial charge in [-0.15, -0.1) is 11.3 Å². The molecule has 0 amide bonds. The number of anilines is 1. The van der Waals surface area contributed by atoms with Crippen LogP contribution >= 0.6 is 11.3 Å². The van der Waals surface area contributed by atoms with Gasteiger partial charge in [0.05, 0.1) is 5.69 Å². The minimum Gasteiger partial charge on any atom is -0.375 e. The maximum Gasteiger partial charge on any atom is 0.180 e. The Bertz CT molecular complexity index is 302. The van der Waals surface area contributed by atoms with E-state index in [4.69, 9.17) is 125 Å². The van der Waals surface area contributed by atoms with Gasteiger partial charge in [0, 0.05) is 143 Å². The highest BCUT2D eigenvalue weighted by Gasteiger charge is 2.16. The van der Waals surface area contributed by atoms with Crippen molar-refractivity contribution in [3.63, 3.8) is 0 Å². The Morgan fingerprint density at radius 1 is 0.553 bits per heavy atom. The summed E-state index contributed by atoms with van der Waals surface area (Å²) in [6.45, 7) is 2.13. The van der Waals surface area contributed by atoms with Gasteiger partial charge in [-0.25, -0.2) is 4.98 Å². The van der Waals surface area contributed by atoms with Crippen molar-refractivity contribution >= 4 is 16.5 Å². The molecule has 1 aliphatic rings. The molecule has 0 fully saturated rings. The fourth-order valence-electron chi connectivity index (χ4n) is 1.34. The van der Waals surface area contributed by atoms with E-state index >= 15 is 0 Å². The van der Waals surface area contributed by atoms with Crippen molar-refractivity contribution in [2.24, 2.45) is 0 Å². The lowest BCUT2D eigenvalue weighted by Gasteiger charge is -2.20. The van der Waals surface area contributed by atoms with Crippen molar-refractivity contribution in [2.75, 3.05) is 19.3 Å². The van der Waals surface area contributed by atoms with Crippen LogP contribution in [0.15, 0.2) is 0 Å². The van der Waals surface area contributed by atoms with Crippen LogP contribution in [0.4, 0.5) is 129 Å². The number of fused-ring (bicyclic) bond motifs is 1. The monoisotopic (exact) mass is 683 g/mol. The van der Waals surface area contributed by atoms with Crippen LogP contribution in [0.5, 0.6) is 0 Å². The first-order chi connectivity index (χ1) is 18.3. The van der Waals surface area contributed by atoms with E-state index in [1.54, 1.807) is 11.3 Å². The van der Waals surface area contributed by atoms with Gasteiger partial charge in [-0.3, -0.25) is 4.70 Å². The fourth-order valence-corrected chi connectivity index (χ4v) is 2.30. The summed E-state index contributed by atoms with van der Waals surface area (Å²) in [5, 5.41) is 0.713. The molecule has 0 spiro atoms. The summed E-state index contributed by atoms with van der Waals surface area (Å²) in [5.41, 5.74) is 6.81. The molecule has 38 heavy (non-hydrogen) atoms. The lowest BCUT2D eigenvalue weighted by atomic mass is 10.2. The molecule has 0 aromatic carbocycles. The SMILES string of the molecule is CN1CCc2nc(N)sc2C1.F.FF.FF.FF.FF.FF.FF.FF.FF.FF.FF.FF.FF.FF. The van der Waals surface area contributed by atoms with E-state index < -0.39 is 0 Å². The highest BCUT2D eigenvalue weighted by atomic mass is 32.1. The van der Waals surface area contributed by atoms with E-state index in [9.17, 15) is 0 Å². The summed E-state index contributed by atoms with van der Waals surface area (Å²) in [7, 11) is 2.12. The second-order valence-electron chi connectivity index (χ2n) is 2.91. The molecule has 0 bridgehead atoms. The van der Waals surface area contributed by atoms with E-state index in [0.717, 1.165) is 19.5 Å². The number of hydrogen-bond donors (Lipinski definition) is 1. The van der Waals surface area contributed by atoms with Gasteiger partial charge in [0.1, 0.15) is 0 Å². The minimum atomic E-state index is 0. The molecule has 0 radical (unpaired) electrons. The number of nitrogens with zero attached hydrogens (tertiary/aromatic N) is 2. The van der Waals surface area contributed by atoms with Crippen molar-refractivity contribution in [3.05, 3.63) is 10.6 Å². The second-order valence-corrected chi connectivity index (χ2v) is 4.02. The lowest BCUT2D eigenvalue weighted by molar-refractivity contribution is 0.108. The molecule has 1 aliphatic heterocycles. The molecule has 0 unspecified atom stereocenters. The molecular formula is C7H12F27N3S. The van der Waals surface area contributed by atoms with Crippen LogP contribution in [0.25, 0.3) is 0 Å². The molecule has 1 aromatic rings. The van der Waals surface area contributed by atoms with Gasteiger partial charge in [0.2, 0.25) is 0 Å². The molecule has 0 saturated carbocycles. The molecule has 31 heteroatoms. The summed E-state index contributed by atoms with van der Waals surface area (Å²) in [6, 6.07) is 0. The van der Waals surface area contributed by atoms with Gasteiger partial charge in [-0.05, 0) is 7.05 Å². The van der Waals surface area contributed by atoms with Gasteiger partial charge in [-0.1, -0.05) is 0 Å². The number of rotatable bonds is 0. The van der Waals surface area contributed by atoms with Crippen LogP contribution in [-0.2, 0) is 13.0 Å². The van der Waals surface area contributed by atoms with Crippen molar-refractivity contribution in [1.82, 2.24) is 9.88 Å². The zero-order valence-corrected chi connectivity index (χ0v) is 17.6. The maximum absolute atomic E-state index is 8.00. The lowest BCUT2D eigenvalue weighted by Crippen LogP contribution is -2.25. The summed E-state index contributed by atoms with van der Waals surface area (Å²) >= 11 is 1.62. The average Bonchev–Trinajstić information content (AvgIpc) is 3.45. The largest absolute Gasteiger partial charge is 0.375 e. The van der Waals surface area contributed by atoms with Crippen molar-refractivity contribution in [2.45, 2.75) is 13.0 Å². The normalized spacial score (nSPS) is 7.34. The zero-order valence-electron chi connectivity index (χ0n) is 16.7. The second kappa shape index (κ2) is 184. The summed E-state index contributed by atoms with van der Waals surface area (Å²) in [5.74, 6) is 0. The minimum absolute atomic E-state index is 0. The standard InChI is InChI=1S/C7H11N3S.13F2.FH/c1-10-3-2-5-6(4-10)11-7(8)9-5;13*1-2;/h2-4H2,1H3,(H2,8,9);;;;;;;;;;;;;;1H. The number of thiazole rings is 1. The number of likely N-dealkylation sites (N-methyl/N-ethyl adjacent to an activating group) is 1. The molecule has 2 N–H and O–H groups in total. The number of nitrogen functional groups attached to an aromatic ring is 1. The molecular weight excluding hydrogens is 671 g/mol. The summed E-state index contributed by atoms with van der Waals surface area (Å²) < 4.78 is 208. The first-order valence-electron chi connectivity index (χ1n) is 5.54. The topological polar surface area (TPSA) is 42.2 Å². The average molecular weight is 683 g/mol. The fraction of sp³-hybridized carbons (Fsp3) is 0.571. The first-order valence-corrected chi connectivity index (χ1v) is 6.35. The van der Waals surface area contributed by atoms with E-state index in [1.807, 2.05) is 0 Å². The molecule has 2 heterocycles. The number of nitrogens with two attached hydrogens (primary N) is 1. The van der Waals surface area contributed by atoms with Crippen molar-refractivity contribution in [1.29, 1.82) is 0 Å². The van der Waals surface area contributed by atoms with Crippen molar-refractivity contribution in [3.8, 4) is 0 Å². The zero-order chi connectivity index (χ0) is 33.8. The third kappa shape index (κ3) is 103. The Morgan fingerprint density at radius 2 is 0.789 bits per heavy atom. The Labute approximate surface area is 194 Å². The van der Waals surface area contributed by atoms with E-state index in [0.29, 0.717) is 5.13 Å². The first kappa shape index (κ1) is 83.5. The smallest absolute Gasteiger partial charge is 0.180 e. The summed E-state index contributed by atoms with van der Waals surface area (Å²) in [4.78, 5) is 7.89. The number of aromatic nitrogens is 1. The predicted molar refractivity (Wildman–Crippen MR) is 77.9 cm³/mol. The number of halogens is 27. The molecule has 3 nitrogen and oxygen atoms in total. The van der Waals surface area contributed by atoms with Crippen LogP contribution in [0, 0.1) is 0 Å². The predicted octanol–water partition coefficient (Wildman–Crippen LogP) is 11.8. The maximum atomic E-state index is 8.00. The van der Waals surface area contributed by atoms with Crippen LogP contribution < -0.4 is 5.73 Å².